The van der Waals surface area contributed by atoms with E-state index >= 15 is 0 Å². The Kier molecular flexibility index (Phi) is 6.31. The van der Waals surface area contributed by atoms with Crippen molar-refractivity contribution in [2.75, 3.05) is 12.8 Å². The molecule has 2 heterocycles. The number of methoxy groups -OCH3 is 1. The number of nitrogen functional groups attached to an aromatic ring is 1. The molecule has 182 valence electrons. The summed E-state index contributed by atoms with van der Waals surface area (Å²) in [6.07, 6.45) is 3.12. The first-order valence-corrected chi connectivity index (χ1v) is 12.1. The lowest BCUT2D eigenvalue weighted by Gasteiger charge is -2.16. The minimum absolute atomic E-state index is 0.0383. The third-order valence-electron chi connectivity index (χ3n) is 5.85. The van der Waals surface area contributed by atoms with Crippen molar-refractivity contribution in [1.29, 1.82) is 0 Å². The molecule has 0 aliphatic carbocycles. The first-order valence-electron chi connectivity index (χ1n) is 10.5. The number of alkyl halides is 2. The van der Waals surface area contributed by atoms with Gasteiger partial charge in [0.2, 0.25) is 5.78 Å². The monoisotopic (exact) mass is 501 g/mol. The van der Waals surface area contributed by atoms with Gasteiger partial charge in [0.1, 0.15) is 11.3 Å². The van der Waals surface area contributed by atoms with Gasteiger partial charge in [-0.05, 0) is 60.7 Å². The topological polar surface area (TPSA) is 136 Å². The molecule has 0 unspecified atom stereocenters. The number of carbonyl (C=O) groups is 1. The zero-order valence-corrected chi connectivity index (χ0v) is 19.7. The molecule has 0 bridgehead atoms. The highest BCUT2D eigenvalue weighted by Gasteiger charge is 2.55. The number of benzene rings is 2. The summed E-state index contributed by atoms with van der Waals surface area (Å²) in [6.45, 7) is 2.01. The lowest BCUT2D eigenvalue weighted by atomic mass is 9.99. The Bertz CT molecular complexity index is 1520. The maximum atomic E-state index is 13.9. The fourth-order valence-corrected chi connectivity index (χ4v) is 4.28. The molecule has 0 aliphatic rings. The number of aryl methyl sites for hydroxylation is 3. The summed E-state index contributed by atoms with van der Waals surface area (Å²) in [4.78, 5) is 38.5. The summed E-state index contributed by atoms with van der Waals surface area (Å²) in [5.74, 6) is -1.17. The van der Waals surface area contributed by atoms with Gasteiger partial charge in [-0.3, -0.25) is 14.3 Å². The Hall–Kier alpha value is -3.46. The molecule has 0 fully saturated rings. The highest BCUT2D eigenvalue weighted by molar-refractivity contribution is 7.54. The van der Waals surface area contributed by atoms with Crippen LogP contribution in [0.4, 0.5) is 14.6 Å². The maximum absolute atomic E-state index is 13.9. The van der Waals surface area contributed by atoms with Gasteiger partial charge in [-0.1, -0.05) is 18.2 Å². The van der Waals surface area contributed by atoms with Gasteiger partial charge in [0.05, 0.1) is 12.6 Å². The average Bonchev–Trinajstić information content (AvgIpc) is 2.81. The molecule has 0 saturated heterocycles. The predicted octanol–water partition coefficient (Wildman–Crippen LogP) is 4.42. The van der Waals surface area contributed by atoms with E-state index < -0.39 is 24.6 Å². The normalized spacial score (nSPS) is 12.3. The lowest BCUT2D eigenvalue weighted by Crippen LogP contribution is -2.28. The van der Waals surface area contributed by atoms with Crippen molar-refractivity contribution in [2.45, 2.75) is 25.4 Å². The molecule has 11 heteroatoms. The molecule has 0 atom stereocenters. The van der Waals surface area contributed by atoms with Gasteiger partial charge < -0.3 is 20.3 Å². The maximum Gasteiger partial charge on any atom is 0.407 e. The minimum Gasteiger partial charge on any atom is -0.497 e. The zero-order valence-electron chi connectivity index (χ0n) is 18.8. The van der Waals surface area contributed by atoms with Crippen LogP contribution < -0.4 is 10.5 Å². The van der Waals surface area contributed by atoms with E-state index in [0.29, 0.717) is 22.7 Å². The summed E-state index contributed by atoms with van der Waals surface area (Å²) in [5, 5.41) is 1.14. The molecule has 0 saturated carbocycles. The number of ketones is 1. The van der Waals surface area contributed by atoms with Crippen LogP contribution in [-0.2, 0) is 17.4 Å². The number of anilines is 1. The second-order valence-electron chi connectivity index (χ2n) is 8.18. The SMILES string of the molecule is COc1ccc(CCc2cnc3c(N)nc4cc(C(=O)C(F)(F)P(=O)(O)O)ccc4c3c2)c(C)c1. The van der Waals surface area contributed by atoms with Crippen LogP contribution in [0.25, 0.3) is 21.8 Å². The van der Waals surface area contributed by atoms with E-state index in [4.69, 9.17) is 20.3 Å². The third kappa shape index (κ3) is 4.60. The summed E-state index contributed by atoms with van der Waals surface area (Å²) in [7, 11) is -4.38. The Balaban J connectivity index is 1.71. The van der Waals surface area contributed by atoms with Gasteiger partial charge in [-0.25, -0.2) is 4.98 Å². The van der Waals surface area contributed by atoms with Gasteiger partial charge in [0.25, 0.3) is 0 Å². The fourth-order valence-electron chi connectivity index (χ4n) is 3.89. The smallest absolute Gasteiger partial charge is 0.407 e. The predicted molar refractivity (Wildman–Crippen MR) is 128 cm³/mol. The van der Waals surface area contributed by atoms with Crippen molar-refractivity contribution < 1.29 is 32.7 Å². The van der Waals surface area contributed by atoms with Gasteiger partial charge in [0, 0.05) is 22.5 Å². The first-order chi connectivity index (χ1) is 16.4. The minimum atomic E-state index is -5.99. The quantitative estimate of drug-likeness (QED) is 0.192. The highest BCUT2D eigenvalue weighted by atomic mass is 31.2. The van der Waals surface area contributed by atoms with Crippen LogP contribution in [0.2, 0.25) is 0 Å². The number of fused-ring (bicyclic) bond motifs is 3. The Labute approximate surface area is 198 Å². The molecular formula is C24H22F2N3O5P. The number of rotatable bonds is 7. The number of carbonyl (C=O) groups excluding carboxylic acids is 1. The molecule has 0 radical (unpaired) electrons. The van der Waals surface area contributed by atoms with Gasteiger partial charge >= 0.3 is 13.3 Å². The van der Waals surface area contributed by atoms with E-state index in [1.807, 2.05) is 31.2 Å². The Morgan fingerprint density at radius 1 is 1.11 bits per heavy atom. The van der Waals surface area contributed by atoms with Crippen molar-refractivity contribution in [3.05, 3.63) is 70.9 Å². The van der Waals surface area contributed by atoms with Crippen molar-refractivity contribution >= 4 is 41.0 Å². The standard InChI is InChI=1S/C24H22F2N3O5P/c1-13-9-17(34-2)7-5-15(13)4-3-14-10-19-18-8-6-16(22(30)24(25,26)35(31,32)33)11-20(18)29-23(27)21(19)28-12-14/h5-12H,3-4H2,1-2H3,(H2,27,29)(H2,31,32,33). The zero-order chi connectivity index (χ0) is 25.5. The van der Waals surface area contributed by atoms with Crippen LogP contribution in [0, 0.1) is 6.92 Å². The van der Waals surface area contributed by atoms with Crippen molar-refractivity contribution in [2.24, 2.45) is 0 Å². The molecule has 4 aromatic rings. The number of Topliss-reactive ketones (excluding diaryl/α,β-unsaturated/α-hetero) is 1. The summed E-state index contributed by atoms with van der Waals surface area (Å²) >= 11 is 0. The van der Waals surface area contributed by atoms with Crippen LogP contribution in [0.3, 0.4) is 0 Å². The summed E-state index contributed by atoms with van der Waals surface area (Å²) < 4.78 is 44.2. The number of pyridine rings is 2. The first kappa shape index (κ1) is 24.7. The van der Waals surface area contributed by atoms with Crippen LogP contribution >= 0.6 is 7.60 Å². The largest absolute Gasteiger partial charge is 0.497 e. The van der Waals surface area contributed by atoms with E-state index in [-0.39, 0.29) is 11.3 Å². The Morgan fingerprint density at radius 2 is 1.86 bits per heavy atom. The number of ether oxygens (including phenoxy) is 1. The summed E-state index contributed by atoms with van der Waals surface area (Å²) in [5.41, 5.74) is 4.30. The van der Waals surface area contributed by atoms with Gasteiger partial charge in [-0.2, -0.15) is 8.78 Å². The third-order valence-corrected chi connectivity index (χ3v) is 6.78. The van der Waals surface area contributed by atoms with Crippen LogP contribution in [0.1, 0.15) is 27.0 Å². The molecule has 0 spiro atoms. The molecule has 0 aliphatic heterocycles. The van der Waals surface area contributed by atoms with Crippen LogP contribution in [0.15, 0.2) is 48.7 Å². The van der Waals surface area contributed by atoms with Crippen molar-refractivity contribution in [3.8, 4) is 5.75 Å². The molecular weight excluding hydrogens is 479 g/mol. The van der Waals surface area contributed by atoms with E-state index in [0.717, 1.165) is 41.0 Å². The molecule has 0 amide bonds. The Morgan fingerprint density at radius 3 is 2.51 bits per heavy atom. The van der Waals surface area contributed by atoms with Gasteiger partial charge in [0.15, 0.2) is 5.82 Å². The van der Waals surface area contributed by atoms with E-state index in [1.54, 1.807) is 13.3 Å². The number of nitrogens with zero attached hydrogens (tertiary/aromatic N) is 2. The highest BCUT2D eigenvalue weighted by Crippen LogP contribution is 2.54. The second kappa shape index (κ2) is 8.96. The number of aromatic nitrogens is 2. The number of hydrogen-bond donors (Lipinski definition) is 3. The molecule has 35 heavy (non-hydrogen) atoms. The molecule has 4 N–H and O–H groups in total. The number of hydrogen-bond acceptors (Lipinski definition) is 6. The number of nitrogens with two attached hydrogens (primary N) is 1. The van der Waals surface area contributed by atoms with E-state index in [9.17, 15) is 18.1 Å². The fraction of sp³-hybridized carbons (Fsp3) is 0.208. The lowest BCUT2D eigenvalue weighted by molar-refractivity contribution is 0.0411. The van der Waals surface area contributed by atoms with E-state index in [1.165, 1.54) is 6.07 Å². The molecule has 4 rings (SSSR count). The van der Waals surface area contributed by atoms with Gasteiger partial charge in [-0.15, -0.1) is 0 Å². The van der Waals surface area contributed by atoms with Crippen molar-refractivity contribution in [1.82, 2.24) is 9.97 Å². The number of halogens is 2. The van der Waals surface area contributed by atoms with Crippen molar-refractivity contribution in [3.63, 3.8) is 0 Å². The van der Waals surface area contributed by atoms with Crippen LogP contribution in [0.5, 0.6) is 5.75 Å². The second-order valence-corrected chi connectivity index (χ2v) is 9.83. The van der Waals surface area contributed by atoms with Crippen LogP contribution in [-0.4, -0.2) is 38.3 Å². The average molecular weight is 501 g/mol. The van der Waals surface area contributed by atoms with E-state index in [2.05, 4.69) is 9.97 Å². The molecule has 8 nitrogen and oxygen atoms in total. The summed E-state index contributed by atoms with van der Waals surface area (Å²) in [6, 6.07) is 11.3. The molecule has 2 aromatic heterocycles. The molecule has 2 aromatic carbocycles.